The van der Waals surface area contributed by atoms with Crippen LogP contribution in [0, 0.1) is 0 Å². The molecule has 0 aromatic heterocycles. The molecule has 0 atom stereocenters. The van der Waals surface area contributed by atoms with Crippen molar-refractivity contribution in [3.05, 3.63) is 332 Å². The zero-order valence-electron chi connectivity index (χ0n) is 52.0. The maximum Gasteiger partial charge on any atom is 0.335 e. The first kappa shape index (κ1) is 64.8. The average molecular weight is 1340 g/mol. The van der Waals surface area contributed by atoms with Crippen LogP contribution >= 0.6 is 0 Å². The van der Waals surface area contributed by atoms with Crippen molar-refractivity contribution in [1.82, 2.24) is 0 Å². The van der Waals surface area contributed by atoms with E-state index >= 15 is 0 Å². The van der Waals surface area contributed by atoms with Gasteiger partial charge in [-0.2, -0.15) is 0 Å². The molecule has 0 unspecified atom stereocenters. The topological polar surface area (TPSA) is 348 Å². The van der Waals surface area contributed by atoms with Gasteiger partial charge < -0.3 is 80.2 Å². The number of carbonyl (C=O) groups is 4. The molecular weight excluding hydrogens is 1280 g/mol. The van der Waals surface area contributed by atoms with E-state index < -0.39 is 93.5 Å². The van der Waals surface area contributed by atoms with E-state index in [1.165, 1.54) is 121 Å². The number of ether oxygens (including phenoxy) is 4. The van der Waals surface area contributed by atoms with Crippen LogP contribution in [-0.4, -0.2) is 85.2 Å². The molecule has 20 nitrogen and oxygen atoms in total. The first-order valence-electron chi connectivity index (χ1n) is 30.8. The van der Waals surface area contributed by atoms with Gasteiger partial charge in [-0.1, -0.05) is 48.5 Å². The van der Waals surface area contributed by atoms with E-state index in [2.05, 4.69) is 0 Å². The number of aromatic hydroxyl groups is 8. The predicted molar refractivity (Wildman–Crippen MR) is 363 cm³/mol. The van der Waals surface area contributed by atoms with Crippen molar-refractivity contribution >= 4 is 23.9 Å². The van der Waals surface area contributed by atoms with Crippen LogP contribution in [0.5, 0.6) is 92.0 Å². The molecule has 0 saturated heterocycles. The smallest absolute Gasteiger partial charge is 0.335 e. The van der Waals surface area contributed by atoms with Crippen LogP contribution in [0.1, 0.15) is 132 Å². The fraction of sp³-hybridized carbons (Fsp3) is 0.0500. The number of hydrogen-bond donors (Lipinski definition) is 12. The molecule has 0 spiro atoms. The summed E-state index contributed by atoms with van der Waals surface area (Å²) in [4.78, 5) is 46.7. The molecule has 0 saturated carbocycles. The molecule has 496 valence electrons. The number of phenols is 8. The van der Waals surface area contributed by atoms with Crippen molar-refractivity contribution < 1.29 is 99.4 Å². The lowest BCUT2D eigenvalue weighted by Gasteiger charge is -2.30. The molecule has 0 fully saturated rings. The summed E-state index contributed by atoms with van der Waals surface area (Å²) in [5, 5.41) is 138. The Bertz CT molecular complexity index is 4380. The van der Waals surface area contributed by atoms with Crippen LogP contribution in [-0.2, 0) is 0 Å². The van der Waals surface area contributed by atoms with Gasteiger partial charge >= 0.3 is 23.9 Å². The maximum atomic E-state index is 12.5. The molecule has 13 rings (SSSR count). The standard InChI is InChI=1S/C80H56O20/c81-65-37-67(83)59-33-57(65)73(41-1-17-49(18-2-41)97-53-25-9-45(10-26-53)77(89)90)58-34-60(68(84)38-66(58)82)75(43-5-21-51(22-6-43)99-55-29-13-47(14-30-55)79(93)94)62-36-64(72(88)40-70(62)86)76(44-7-23-52(24-8-44)100-56-31-15-48(16-32-56)80(95)96)63-35-61(69(85)39-71(63)87)74(59)42-3-19-50(20-4-42)98-54-27-11-46(12-28-54)78(91)92/h1-40,73-76,81-88H,(H,89,90)(H,91,92)(H,93,94)(H,95,96). The van der Waals surface area contributed by atoms with Crippen molar-refractivity contribution in [2.75, 3.05) is 0 Å². The van der Waals surface area contributed by atoms with Gasteiger partial charge in [-0.3, -0.25) is 0 Å². The van der Waals surface area contributed by atoms with Gasteiger partial charge in [-0.15, -0.1) is 0 Å². The summed E-state index contributed by atoms with van der Waals surface area (Å²) >= 11 is 0. The third kappa shape index (κ3) is 13.2. The van der Waals surface area contributed by atoms with Gasteiger partial charge in [0.15, 0.2) is 0 Å². The van der Waals surface area contributed by atoms with Crippen molar-refractivity contribution in [3.63, 3.8) is 0 Å². The van der Waals surface area contributed by atoms with Gasteiger partial charge in [-0.05, 0) is 192 Å². The summed E-state index contributed by atoms with van der Waals surface area (Å²) in [5.41, 5.74) is 1.94. The summed E-state index contributed by atoms with van der Waals surface area (Å²) in [6.07, 6.45) is 0. The Hall–Kier alpha value is -13.9. The molecular formula is C80H56O20. The molecule has 0 heterocycles. The minimum Gasteiger partial charge on any atom is -0.507 e. The number of carboxylic acids is 4. The van der Waals surface area contributed by atoms with E-state index in [1.54, 1.807) is 97.1 Å². The lowest BCUT2D eigenvalue weighted by atomic mass is 9.75. The van der Waals surface area contributed by atoms with Gasteiger partial charge in [-0.25, -0.2) is 19.2 Å². The first-order chi connectivity index (χ1) is 48.1. The van der Waals surface area contributed by atoms with Gasteiger partial charge in [0.1, 0.15) is 92.0 Å². The van der Waals surface area contributed by atoms with Crippen LogP contribution in [0.2, 0.25) is 0 Å². The first-order valence-corrected chi connectivity index (χ1v) is 30.8. The SMILES string of the molecule is O=C(O)c1ccc(Oc2ccc(C3c4cc(c(O)cc4O)C(c4ccc(Oc5ccc(C(=O)O)cc5)cc4)c4cc(c(O)cc4O)C(c4ccc(Oc5ccc(C(=O)O)cc5)cc4)c4cc(c(O)cc4O)C(c4ccc(Oc5ccc(C(=O)O)cc5)cc4)c4cc3c(O)cc4O)cc2)cc1. The highest BCUT2D eigenvalue weighted by Crippen LogP contribution is 2.54. The summed E-state index contributed by atoms with van der Waals surface area (Å²) in [6, 6.07) is 59.2. The second-order valence-electron chi connectivity index (χ2n) is 23.6. The van der Waals surface area contributed by atoms with Crippen LogP contribution in [0.25, 0.3) is 0 Å². The highest BCUT2D eigenvalue weighted by molar-refractivity contribution is 5.89. The summed E-state index contributed by atoms with van der Waals surface area (Å²) in [6.45, 7) is 0. The predicted octanol–water partition coefficient (Wildman–Crippen LogP) is 16.3. The van der Waals surface area contributed by atoms with Gasteiger partial charge in [0.25, 0.3) is 0 Å². The number of fused-ring (bicyclic) bond motifs is 8. The molecule has 0 aliphatic heterocycles. The third-order valence-corrected chi connectivity index (χ3v) is 17.4. The van der Waals surface area contributed by atoms with Crippen LogP contribution in [0.15, 0.2) is 243 Å². The highest BCUT2D eigenvalue weighted by Gasteiger charge is 2.36. The third-order valence-electron chi connectivity index (χ3n) is 17.4. The Morgan fingerprint density at radius 3 is 0.460 bits per heavy atom. The molecule has 100 heavy (non-hydrogen) atoms. The lowest BCUT2D eigenvalue weighted by molar-refractivity contribution is 0.0686. The maximum absolute atomic E-state index is 12.5. The van der Waals surface area contributed by atoms with E-state index in [-0.39, 0.29) is 89.8 Å². The lowest BCUT2D eigenvalue weighted by Crippen LogP contribution is -2.13. The Morgan fingerprint density at radius 2 is 0.330 bits per heavy atom. The van der Waals surface area contributed by atoms with Gasteiger partial charge in [0, 0.05) is 92.4 Å². The Kier molecular flexibility index (Phi) is 17.3. The minimum absolute atomic E-state index is 0.0281. The molecule has 8 bridgehead atoms. The second-order valence-corrected chi connectivity index (χ2v) is 23.6. The van der Waals surface area contributed by atoms with Crippen LogP contribution < -0.4 is 18.9 Å². The number of carboxylic acid groups (broad SMARTS) is 4. The molecule has 12 aromatic carbocycles. The molecule has 20 heteroatoms. The average Bonchev–Trinajstić information content (AvgIpc) is 0.744. The Labute approximate surface area is 568 Å². The number of rotatable bonds is 16. The van der Waals surface area contributed by atoms with Gasteiger partial charge in [0.05, 0.1) is 22.3 Å². The highest BCUT2D eigenvalue weighted by atomic mass is 16.5. The van der Waals surface area contributed by atoms with Crippen LogP contribution in [0.4, 0.5) is 0 Å². The number of benzene rings is 12. The van der Waals surface area contributed by atoms with E-state index in [9.17, 15) is 80.5 Å². The van der Waals surface area contributed by atoms with E-state index in [0.717, 1.165) is 24.3 Å². The molecule has 12 N–H and O–H groups in total. The largest absolute Gasteiger partial charge is 0.507 e. The number of phenolic OH excluding ortho intramolecular Hbond substituents is 8. The fourth-order valence-electron chi connectivity index (χ4n) is 12.5. The molecule has 1 aliphatic carbocycles. The summed E-state index contributed by atoms with van der Waals surface area (Å²) < 4.78 is 24.6. The van der Waals surface area contributed by atoms with E-state index in [4.69, 9.17) is 18.9 Å². The molecule has 1 aliphatic rings. The quantitative estimate of drug-likeness (QED) is 0.0427. The van der Waals surface area contributed by atoms with Crippen molar-refractivity contribution in [1.29, 1.82) is 0 Å². The second kappa shape index (κ2) is 26.7. The number of hydrogen-bond acceptors (Lipinski definition) is 16. The molecule has 0 radical (unpaired) electrons. The van der Waals surface area contributed by atoms with E-state index in [1.807, 2.05) is 0 Å². The molecule has 12 aromatic rings. The van der Waals surface area contributed by atoms with Crippen LogP contribution in [0.3, 0.4) is 0 Å². The van der Waals surface area contributed by atoms with Crippen molar-refractivity contribution in [2.24, 2.45) is 0 Å². The monoisotopic (exact) mass is 1340 g/mol. The van der Waals surface area contributed by atoms with Crippen molar-refractivity contribution in [3.8, 4) is 92.0 Å². The zero-order valence-corrected chi connectivity index (χ0v) is 52.0. The fourth-order valence-corrected chi connectivity index (χ4v) is 12.5. The zero-order chi connectivity index (χ0) is 70.2. The summed E-state index contributed by atoms with van der Waals surface area (Å²) in [5.74, 6) is -11.3. The Morgan fingerprint density at radius 1 is 0.200 bits per heavy atom. The minimum atomic E-state index is -1.27. The van der Waals surface area contributed by atoms with Crippen molar-refractivity contribution in [2.45, 2.75) is 23.7 Å². The summed E-state index contributed by atoms with van der Waals surface area (Å²) in [7, 11) is 0. The number of aromatic carboxylic acids is 4. The normalized spacial score (nSPS) is 14.6. The van der Waals surface area contributed by atoms with Gasteiger partial charge in [0.2, 0.25) is 0 Å². The Balaban J connectivity index is 1.05. The van der Waals surface area contributed by atoms with E-state index in [0.29, 0.717) is 45.3 Å². The molecule has 0 amide bonds.